The molecule has 0 N–H and O–H groups in total. The molecule has 0 bridgehead atoms. The molecule has 1 heterocycles. The van der Waals surface area contributed by atoms with Crippen molar-refractivity contribution in [2.75, 3.05) is 0 Å². The smallest absolute Gasteiger partial charge is 0.246 e. The summed E-state index contributed by atoms with van der Waals surface area (Å²) in [6.07, 6.45) is -6.60. The van der Waals surface area contributed by atoms with Crippen molar-refractivity contribution in [2.45, 2.75) is 19.1 Å². The molecule has 0 spiro atoms. The number of allylic oxidation sites excluding steroid dienone is 1. The molecule has 4 nitrogen and oxygen atoms in total. The van der Waals surface area contributed by atoms with Crippen LogP contribution in [0.4, 0.5) is 22.0 Å². The van der Waals surface area contributed by atoms with Gasteiger partial charge in [0.1, 0.15) is 0 Å². The zero-order chi connectivity index (χ0) is 16.3. The van der Waals surface area contributed by atoms with Crippen LogP contribution in [-0.4, -0.2) is 14.3 Å². The van der Waals surface area contributed by atoms with Gasteiger partial charge in [-0.1, -0.05) is 18.2 Å². The largest absolute Gasteiger partial charge is 0.452 e. The lowest BCUT2D eigenvalue weighted by atomic mass is 10.3. The fraction of sp³-hybridized carbons (Fsp3) is 0.231. The first kappa shape index (κ1) is 15.9. The zero-order valence-corrected chi connectivity index (χ0v) is 11.0. The summed E-state index contributed by atoms with van der Waals surface area (Å²) in [6, 6.07) is 7.18. The number of rotatable bonds is 4. The Morgan fingerprint density at radius 1 is 1.18 bits per heavy atom. The fourth-order valence-corrected chi connectivity index (χ4v) is 1.84. The fourth-order valence-electron chi connectivity index (χ4n) is 1.84. The number of nitrogens with zero attached hydrogens (tertiary/aromatic N) is 3. The first-order valence-electron chi connectivity index (χ1n) is 6.14. The normalized spacial score (nSPS) is 11.5. The van der Waals surface area contributed by atoms with Crippen molar-refractivity contribution in [3.05, 3.63) is 58.8 Å². The van der Waals surface area contributed by atoms with Gasteiger partial charge >= 0.3 is 11.9 Å². The van der Waals surface area contributed by atoms with Crippen molar-refractivity contribution in [1.82, 2.24) is 14.3 Å². The summed E-state index contributed by atoms with van der Waals surface area (Å²) in [4.78, 5) is 12.1. The maximum absolute atomic E-state index is 13.0. The van der Waals surface area contributed by atoms with E-state index < -0.39 is 23.8 Å². The summed E-state index contributed by atoms with van der Waals surface area (Å²) in [5.41, 5.74) is -1.04. The summed E-state index contributed by atoms with van der Waals surface area (Å²) >= 11 is 0. The molecule has 0 radical (unpaired) electrons. The maximum atomic E-state index is 13.0. The van der Waals surface area contributed by atoms with Crippen LogP contribution in [0.2, 0.25) is 0 Å². The molecule has 9 heteroatoms. The number of aryl methyl sites for hydroxylation is 1. The SMILES string of the molecule is O=c1n(CCC=C(F)F)nc(C(F)(F)F)n1-c1ccccc1. The first-order valence-corrected chi connectivity index (χ1v) is 6.14. The van der Waals surface area contributed by atoms with Gasteiger partial charge in [-0.15, -0.1) is 5.10 Å². The predicted octanol–water partition coefficient (Wildman–Crippen LogP) is 3.22. The predicted molar refractivity (Wildman–Crippen MR) is 67.7 cm³/mol. The molecule has 0 saturated carbocycles. The van der Waals surface area contributed by atoms with E-state index in [1.165, 1.54) is 24.3 Å². The van der Waals surface area contributed by atoms with Crippen LogP contribution in [0.25, 0.3) is 5.69 Å². The van der Waals surface area contributed by atoms with Crippen molar-refractivity contribution in [3.63, 3.8) is 0 Å². The van der Waals surface area contributed by atoms with Gasteiger partial charge in [0.2, 0.25) is 5.82 Å². The topological polar surface area (TPSA) is 39.8 Å². The van der Waals surface area contributed by atoms with E-state index in [4.69, 9.17) is 0 Å². The van der Waals surface area contributed by atoms with Crippen LogP contribution in [-0.2, 0) is 12.7 Å². The molecule has 22 heavy (non-hydrogen) atoms. The van der Waals surface area contributed by atoms with E-state index in [2.05, 4.69) is 5.10 Å². The van der Waals surface area contributed by atoms with Gasteiger partial charge in [0.25, 0.3) is 6.08 Å². The number of benzene rings is 1. The Kier molecular flexibility index (Phi) is 4.43. The third-order valence-electron chi connectivity index (χ3n) is 2.75. The Balaban J connectivity index is 2.50. The van der Waals surface area contributed by atoms with Gasteiger partial charge in [0, 0.05) is 0 Å². The van der Waals surface area contributed by atoms with Gasteiger partial charge in [-0.05, 0) is 24.6 Å². The summed E-state index contributed by atoms with van der Waals surface area (Å²) in [6.45, 7) is -0.376. The van der Waals surface area contributed by atoms with Crippen LogP contribution in [0.1, 0.15) is 12.2 Å². The van der Waals surface area contributed by atoms with Crippen LogP contribution >= 0.6 is 0 Å². The minimum absolute atomic E-state index is 0.00158. The molecule has 1 aromatic heterocycles. The molecule has 0 fully saturated rings. The van der Waals surface area contributed by atoms with Crippen molar-refractivity contribution >= 4 is 0 Å². The number of hydrogen-bond donors (Lipinski definition) is 0. The Bertz CT molecular complexity index is 726. The molecule has 0 saturated heterocycles. The Morgan fingerprint density at radius 3 is 2.36 bits per heavy atom. The average Bonchev–Trinajstić information content (AvgIpc) is 2.77. The van der Waals surface area contributed by atoms with Crippen LogP contribution in [0.5, 0.6) is 0 Å². The minimum atomic E-state index is -4.85. The average molecular weight is 319 g/mol. The third-order valence-corrected chi connectivity index (χ3v) is 2.75. The van der Waals surface area contributed by atoms with E-state index in [1.807, 2.05) is 0 Å². The Hall–Kier alpha value is -2.45. The molecule has 0 amide bonds. The highest BCUT2D eigenvalue weighted by atomic mass is 19.4. The van der Waals surface area contributed by atoms with Crippen molar-refractivity contribution in [1.29, 1.82) is 0 Å². The van der Waals surface area contributed by atoms with Crippen LogP contribution < -0.4 is 5.69 Å². The van der Waals surface area contributed by atoms with E-state index in [0.717, 1.165) is 0 Å². The number of aromatic nitrogens is 3. The molecule has 0 unspecified atom stereocenters. The highest BCUT2D eigenvalue weighted by Crippen LogP contribution is 2.28. The molecular formula is C13H10F5N3O. The molecule has 0 atom stereocenters. The highest BCUT2D eigenvalue weighted by molar-refractivity contribution is 5.32. The van der Waals surface area contributed by atoms with E-state index in [1.54, 1.807) is 6.07 Å². The van der Waals surface area contributed by atoms with Crippen molar-refractivity contribution < 1.29 is 22.0 Å². The van der Waals surface area contributed by atoms with Crippen molar-refractivity contribution in [2.24, 2.45) is 0 Å². The van der Waals surface area contributed by atoms with Crippen LogP contribution in [0.3, 0.4) is 0 Å². The molecule has 0 aliphatic rings. The molecule has 1 aromatic carbocycles. The Labute approximate surface area is 121 Å². The quantitative estimate of drug-likeness (QED) is 0.812. The third kappa shape index (κ3) is 3.41. The number of halogens is 5. The van der Waals surface area contributed by atoms with Gasteiger partial charge in [0.05, 0.1) is 12.2 Å². The molecule has 0 aliphatic carbocycles. The first-order chi connectivity index (χ1) is 10.3. The minimum Gasteiger partial charge on any atom is -0.246 e. The van der Waals surface area contributed by atoms with Crippen LogP contribution in [0.15, 0.2) is 47.3 Å². The monoisotopic (exact) mass is 319 g/mol. The second-order valence-electron chi connectivity index (χ2n) is 4.28. The van der Waals surface area contributed by atoms with Gasteiger partial charge in [-0.25, -0.2) is 14.0 Å². The van der Waals surface area contributed by atoms with Gasteiger partial charge in [0.15, 0.2) is 0 Å². The summed E-state index contributed by atoms with van der Waals surface area (Å²) < 4.78 is 63.9. The molecule has 0 aliphatic heterocycles. The standard InChI is InChI=1S/C13H10F5N3O/c14-10(15)7-4-8-20-12(22)21(9-5-2-1-3-6-9)11(19-20)13(16,17)18/h1-3,5-7H,4,8H2. The lowest BCUT2D eigenvalue weighted by Gasteiger charge is -2.07. The maximum Gasteiger partial charge on any atom is 0.452 e. The molecule has 2 aromatic rings. The summed E-state index contributed by atoms with van der Waals surface area (Å²) in [5.74, 6) is -1.39. The van der Waals surface area contributed by atoms with Gasteiger partial charge < -0.3 is 0 Å². The van der Waals surface area contributed by atoms with Gasteiger partial charge in [-0.3, -0.25) is 0 Å². The lowest BCUT2D eigenvalue weighted by Crippen LogP contribution is -2.25. The highest BCUT2D eigenvalue weighted by Gasteiger charge is 2.39. The summed E-state index contributed by atoms with van der Waals surface area (Å²) in [7, 11) is 0. The zero-order valence-electron chi connectivity index (χ0n) is 11.0. The molecular weight excluding hydrogens is 309 g/mol. The van der Waals surface area contributed by atoms with E-state index in [9.17, 15) is 26.7 Å². The van der Waals surface area contributed by atoms with E-state index in [0.29, 0.717) is 15.3 Å². The number of para-hydroxylation sites is 1. The second-order valence-corrected chi connectivity index (χ2v) is 4.28. The number of hydrogen-bond acceptors (Lipinski definition) is 2. The Morgan fingerprint density at radius 2 is 1.82 bits per heavy atom. The second kappa shape index (κ2) is 6.12. The lowest BCUT2D eigenvalue weighted by molar-refractivity contribution is -0.146. The van der Waals surface area contributed by atoms with E-state index >= 15 is 0 Å². The van der Waals surface area contributed by atoms with Crippen LogP contribution in [0, 0.1) is 0 Å². The van der Waals surface area contributed by atoms with Crippen molar-refractivity contribution in [3.8, 4) is 5.69 Å². The van der Waals surface area contributed by atoms with E-state index in [-0.39, 0.29) is 18.7 Å². The summed E-state index contributed by atoms with van der Waals surface area (Å²) in [5, 5.41) is 3.22. The molecule has 2 rings (SSSR count). The number of alkyl halides is 3. The molecule has 118 valence electrons. The van der Waals surface area contributed by atoms with Gasteiger partial charge in [-0.2, -0.15) is 22.0 Å².